The van der Waals surface area contributed by atoms with Crippen molar-refractivity contribution in [1.82, 2.24) is 9.88 Å². The smallest absolute Gasteiger partial charge is 0.306 e. The number of carbonyl (C=O) groups excluding carboxylic acids is 1. The van der Waals surface area contributed by atoms with Crippen molar-refractivity contribution in [1.29, 1.82) is 0 Å². The topological polar surface area (TPSA) is 39.7 Å². The summed E-state index contributed by atoms with van der Waals surface area (Å²) in [6.07, 6.45) is 5.55. The van der Waals surface area contributed by atoms with Gasteiger partial charge >= 0.3 is 6.03 Å². The summed E-state index contributed by atoms with van der Waals surface area (Å²) < 4.78 is 14.7. The van der Waals surface area contributed by atoms with Gasteiger partial charge in [-0.2, -0.15) is 0 Å². The lowest BCUT2D eigenvalue weighted by Crippen LogP contribution is -2.54. The Bertz CT molecular complexity index is 907. The summed E-state index contributed by atoms with van der Waals surface area (Å²) in [6.45, 7) is 2.11. The number of anilines is 2. The monoisotopic (exact) mass is 416 g/mol. The molecule has 154 valence electrons. The number of hydrogen-bond acceptors (Lipinski definition) is 3. The van der Waals surface area contributed by atoms with Crippen LogP contribution >= 0.6 is 11.6 Å². The second-order valence-electron chi connectivity index (χ2n) is 8.21. The van der Waals surface area contributed by atoms with Crippen LogP contribution in [-0.4, -0.2) is 42.1 Å². The second-order valence-corrected chi connectivity index (χ2v) is 8.59. The lowest BCUT2D eigenvalue weighted by atomic mass is 9.88. The van der Waals surface area contributed by atoms with Gasteiger partial charge in [-0.3, -0.25) is 9.80 Å². The third kappa shape index (κ3) is 3.71. The predicted molar refractivity (Wildman–Crippen MR) is 114 cm³/mol. The molecule has 0 unspecified atom stereocenters. The number of benzene rings is 1. The van der Waals surface area contributed by atoms with Crippen LogP contribution in [0.15, 0.2) is 30.5 Å². The van der Waals surface area contributed by atoms with Crippen LogP contribution in [0.25, 0.3) is 0 Å². The number of pyridine rings is 1. The Morgan fingerprint density at radius 3 is 2.59 bits per heavy atom. The van der Waals surface area contributed by atoms with E-state index in [4.69, 9.17) is 11.6 Å². The van der Waals surface area contributed by atoms with Gasteiger partial charge in [0.2, 0.25) is 0 Å². The fraction of sp³-hybridized carbons (Fsp3) is 0.455. The Hall–Kier alpha value is -2.18. The number of rotatable bonds is 3. The van der Waals surface area contributed by atoms with Gasteiger partial charge in [-0.15, -0.1) is 0 Å². The number of urea groups is 1. The molecule has 1 aliphatic heterocycles. The number of aromatic nitrogens is 1. The molecule has 2 aromatic rings. The molecule has 29 heavy (non-hydrogen) atoms. The van der Waals surface area contributed by atoms with Crippen LogP contribution in [0.5, 0.6) is 0 Å². The largest absolute Gasteiger partial charge is 0.329 e. The summed E-state index contributed by atoms with van der Waals surface area (Å²) >= 11 is 6.17. The second kappa shape index (κ2) is 7.92. The normalized spacial score (nSPS) is 22.2. The van der Waals surface area contributed by atoms with Crippen molar-refractivity contribution in [3.63, 3.8) is 0 Å². The average molecular weight is 417 g/mol. The van der Waals surface area contributed by atoms with E-state index in [1.54, 1.807) is 23.2 Å². The maximum absolute atomic E-state index is 14.7. The van der Waals surface area contributed by atoms with Crippen molar-refractivity contribution in [2.24, 2.45) is 0 Å². The van der Waals surface area contributed by atoms with Gasteiger partial charge < -0.3 is 4.90 Å². The van der Waals surface area contributed by atoms with E-state index >= 15 is 0 Å². The Labute approximate surface area is 176 Å². The fourth-order valence-electron chi connectivity index (χ4n) is 4.59. The third-order valence-corrected chi connectivity index (χ3v) is 6.38. The van der Waals surface area contributed by atoms with E-state index in [2.05, 4.69) is 24.0 Å². The van der Waals surface area contributed by atoms with E-state index in [0.29, 0.717) is 16.9 Å². The highest BCUT2D eigenvalue weighted by atomic mass is 35.5. The minimum absolute atomic E-state index is 0.0609. The molecule has 1 aromatic carbocycles. The zero-order valence-corrected chi connectivity index (χ0v) is 17.8. The van der Waals surface area contributed by atoms with Crippen LogP contribution in [0.3, 0.4) is 0 Å². The van der Waals surface area contributed by atoms with Gasteiger partial charge in [-0.25, -0.2) is 14.2 Å². The molecular weight excluding hydrogens is 391 g/mol. The molecule has 7 heteroatoms. The standard InChI is InChI=1S/C22H26ClFN4O/c1-14-5-4-6-18(24)21(14)27-13-15-12-25-20(23)11-19(15)28(22(27)29)17-9-7-16(8-10-17)26(2)3/h4-6,11-12,16-17H,7-10,13H2,1-3H3. The van der Waals surface area contributed by atoms with Gasteiger partial charge in [0.05, 0.1) is 17.9 Å². The summed E-state index contributed by atoms with van der Waals surface area (Å²) in [5, 5.41) is 0.360. The molecule has 0 spiro atoms. The number of halogens is 2. The highest BCUT2D eigenvalue weighted by molar-refractivity contribution is 6.29. The van der Waals surface area contributed by atoms with Crippen molar-refractivity contribution < 1.29 is 9.18 Å². The number of hydrogen-bond donors (Lipinski definition) is 0. The van der Waals surface area contributed by atoms with Gasteiger partial charge in [0.25, 0.3) is 0 Å². The van der Waals surface area contributed by atoms with Crippen molar-refractivity contribution >= 4 is 29.0 Å². The molecule has 2 amide bonds. The molecule has 0 radical (unpaired) electrons. The van der Waals surface area contributed by atoms with Crippen LogP contribution in [0.4, 0.5) is 20.6 Å². The number of amides is 2. The molecule has 2 heterocycles. The summed E-state index contributed by atoms with van der Waals surface area (Å²) in [7, 11) is 4.20. The summed E-state index contributed by atoms with van der Waals surface area (Å²) in [4.78, 5) is 23.4. The van der Waals surface area contributed by atoms with Crippen molar-refractivity contribution in [3.05, 3.63) is 52.6 Å². The minimum Gasteiger partial charge on any atom is -0.306 e. The highest BCUT2D eigenvalue weighted by Gasteiger charge is 2.39. The predicted octanol–water partition coefficient (Wildman–Crippen LogP) is 5.00. The van der Waals surface area contributed by atoms with Crippen molar-refractivity contribution in [2.75, 3.05) is 23.9 Å². The number of nitrogens with zero attached hydrogens (tertiary/aromatic N) is 4. The minimum atomic E-state index is -0.389. The van der Waals surface area contributed by atoms with E-state index in [9.17, 15) is 9.18 Å². The first-order chi connectivity index (χ1) is 13.9. The average Bonchev–Trinajstić information content (AvgIpc) is 2.68. The Morgan fingerprint density at radius 2 is 1.93 bits per heavy atom. The third-order valence-electron chi connectivity index (χ3n) is 6.17. The molecule has 4 rings (SSSR count). The first-order valence-corrected chi connectivity index (χ1v) is 10.4. The maximum atomic E-state index is 14.7. The maximum Gasteiger partial charge on any atom is 0.329 e. The van der Waals surface area contributed by atoms with Gasteiger partial charge in [0, 0.05) is 23.8 Å². The lowest BCUT2D eigenvalue weighted by Gasteiger charge is -2.44. The van der Waals surface area contributed by atoms with E-state index in [1.807, 2.05) is 17.9 Å². The first kappa shape index (κ1) is 20.1. The first-order valence-electron chi connectivity index (χ1n) is 10.0. The van der Waals surface area contributed by atoms with Crippen LogP contribution < -0.4 is 9.80 Å². The van der Waals surface area contributed by atoms with Gasteiger partial charge in [-0.1, -0.05) is 23.7 Å². The van der Waals surface area contributed by atoms with Gasteiger partial charge in [-0.05, 0) is 64.4 Å². The highest BCUT2D eigenvalue weighted by Crippen LogP contribution is 2.39. The van der Waals surface area contributed by atoms with Gasteiger partial charge in [0.1, 0.15) is 11.0 Å². The van der Waals surface area contributed by atoms with E-state index < -0.39 is 0 Å². The molecule has 5 nitrogen and oxygen atoms in total. The number of aryl methyl sites for hydroxylation is 1. The molecule has 1 aromatic heterocycles. The van der Waals surface area contributed by atoms with E-state index in [-0.39, 0.29) is 24.4 Å². The van der Waals surface area contributed by atoms with Crippen molar-refractivity contribution in [3.8, 4) is 0 Å². The van der Waals surface area contributed by atoms with E-state index in [0.717, 1.165) is 42.5 Å². The summed E-state index contributed by atoms with van der Waals surface area (Å²) in [5.74, 6) is -0.389. The van der Waals surface area contributed by atoms with Crippen LogP contribution in [0.2, 0.25) is 5.15 Å². The van der Waals surface area contributed by atoms with Crippen molar-refractivity contribution in [2.45, 2.75) is 51.2 Å². The number of para-hydroxylation sites is 1. The lowest BCUT2D eigenvalue weighted by molar-refractivity contribution is 0.209. The Kier molecular flexibility index (Phi) is 5.49. The van der Waals surface area contributed by atoms with Crippen LogP contribution in [0.1, 0.15) is 36.8 Å². The van der Waals surface area contributed by atoms with Crippen LogP contribution in [0, 0.1) is 12.7 Å². The zero-order valence-electron chi connectivity index (χ0n) is 17.0. The number of carbonyl (C=O) groups is 1. The van der Waals surface area contributed by atoms with E-state index in [1.165, 1.54) is 6.07 Å². The SMILES string of the molecule is Cc1cccc(F)c1N1Cc2cnc(Cl)cc2N(C2CCC(N(C)C)CC2)C1=O. The summed E-state index contributed by atoms with van der Waals surface area (Å²) in [6, 6.07) is 7.05. The molecule has 1 saturated carbocycles. The molecule has 1 aliphatic carbocycles. The fourth-order valence-corrected chi connectivity index (χ4v) is 4.74. The summed E-state index contributed by atoms with van der Waals surface area (Å²) in [5.41, 5.74) is 2.75. The molecular formula is C22H26ClFN4O. The molecule has 0 atom stereocenters. The molecule has 0 saturated heterocycles. The molecule has 2 aliphatic rings. The van der Waals surface area contributed by atoms with Crippen LogP contribution in [-0.2, 0) is 6.54 Å². The Balaban J connectivity index is 1.73. The Morgan fingerprint density at radius 1 is 1.21 bits per heavy atom. The number of fused-ring (bicyclic) bond motifs is 1. The zero-order chi connectivity index (χ0) is 20.7. The molecule has 0 bridgehead atoms. The quantitative estimate of drug-likeness (QED) is 0.661. The van der Waals surface area contributed by atoms with Gasteiger partial charge in [0.15, 0.2) is 0 Å². The molecule has 0 N–H and O–H groups in total. The molecule has 1 fully saturated rings.